The van der Waals surface area contributed by atoms with Crippen LogP contribution in [-0.4, -0.2) is 24.9 Å². The van der Waals surface area contributed by atoms with Gasteiger partial charge in [-0.1, -0.05) is 30.1 Å². The van der Waals surface area contributed by atoms with Crippen LogP contribution in [0.4, 0.5) is 11.4 Å². The van der Waals surface area contributed by atoms with Gasteiger partial charge in [0.2, 0.25) is 5.91 Å². The Morgan fingerprint density at radius 3 is 2.36 bits per heavy atom. The average molecular weight is 380 g/mol. The quantitative estimate of drug-likeness (QED) is 0.675. The summed E-state index contributed by atoms with van der Waals surface area (Å²) in [6, 6.07) is 11.7. The zero-order valence-electron chi connectivity index (χ0n) is 13.7. The van der Waals surface area contributed by atoms with Gasteiger partial charge < -0.3 is 16.0 Å². The van der Waals surface area contributed by atoms with E-state index < -0.39 is 0 Å². The fraction of sp³-hybridized carbons (Fsp3) is 0.222. The molecule has 0 atom stereocenters. The fourth-order valence-corrected chi connectivity index (χ4v) is 2.41. The van der Waals surface area contributed by atoms with E-state index in [2.05, 4.69) is 16.0 Å². The lowest BCUT2D eigenvalue weighted by atomic mass is 10.1. The van der Waals surface area contributed by atoms with E-state index >= 15 is 0 Å². The van der Waals surface area contributed by atoms with E-state index in [1.54, 1.807) is 42.5 Å². The lowest BCUT2D eigenvalue weighted by Crippen LogP contribution is -2.27. The zero-order valence-corrected chi connectivity index (χ0v) is 15.2. The highest BCUT2D eigenvalue weighted by atomic mass is 35.5. The summed E-state index contributed by atoms with van der Waals surface area (Å²) in [7, 11) is 0. The maximum absolute atomic E-state index is 12.2. The first-order valence-electron chi connectivity index (χ1n) is 7.86. The van der Waals surface area contributed by atoms with Crippen molar-refractivity contribution in [2.45, 2.75) is 13.3 Å². The number of halogens is 2. The lowest BCUT2D eigenvalue weighted by molar-refractivity contribution is -0.114. The van der Waals surface area contributed by atoms with Crippen molar-refractivity contribution in [2.75, 3.05) is 23.7 Å². The van der Waals surface area contributed by atoms with Crippen LogP contribution in [0.15, 0.2) is 42.5 Å². The standard InChI is InChI=1S/C18H19Cl2N3O2/c1-2-9-21-18(25)15-8-5-13(20)10-16(15)22-11-17(24)23-14-6-3-12(19)4-7-14/h3-8,10,22H,2,9,11H2,1H3,(H,21,25)(H,23,24). The van der Waals surface area contributed by atoms with Crippen LogP contribution in [0.2, 0.25) is 10.0 Å². The highest BCUT2D eigenvalue weighted by Crippen LogP contribution is 2.21. The molecule has 2 aromatic rings. The van der Waals surface area contributed by atoms with Gasteiger partial charge in [0, 0.05) is 28.0 Å². The third-order valence-corrected chi connectivity index (χ3v) is 3.82. The van der Waals surface area contributed by atoms with E-state index in [0.29, 0.717) is 33.5 Å². The van der Waals surface area contributed by atoms with E-state index in [-0.39, 0.29) is 18.4 Å². The Morgan fingerprint density at radius 2 is 1.68 bits per heavy atom. The predicted molar refractivity (Wildman–Crippen MR) is 103 cm³/mol. The Balaban J connectivity index is 2.01. The summed E-state index contributed by atoms with van der Waals surface area (Å²) in [4.78, 5) is 24.3. The molecule has 3 N–H and O–H groups in total. The van der Waals surface area contributed by atoms with Gasteiger partial charge in [0.05, 0.1) is 12.1 Å². The van der Waals surface area contributed by atoms with Crippen molar-refractivity contribution >= 4 is 46.4 Å². The number of carbonyl (C=O) groups is 2. The number of carbonyl (C=O) groups excluding carboxylic acids is 2. The van der Waals surface area contributed by atoms with Gasteiger partial charge in [0.1, 0.15) is 0 Å². The van der Waals surface area contributed by atoms with Crippen LogP contribution >= 0.6 is 23.2 Å². The van der Waals surface area contributed by atoms with Crippen LogP contribution < -0.4 is 16.0 Å². The van der Waals surface area contributed by atoms with E-state index in [1.165, 1.54) is 0 Å². The van der Waals surface area contributed by atoms with Crippen LogP contribution in [0.25, 0.3) is 0 Å². The van der Waals surface area contributed by atoms with Gasteiger partial charge in [-0.15, -0.1) is 0 Å². The fourth-order valence-electron chi connectivity index (χ4n) is 2.11. The third kappa shape index (κ3) is 5.96. The molecule has 0 saturated carbocycles. The van der Waals surface area contributed by atoms with Crippen LogP contribution in [0.1, 0.15) is 23.7 Å². The van der Waals surface area contributed by atoms with Crippen LogP contribution in [0.5, 0.6) is 0 Å². The molecule has 0 aliphatic heterocycles. The van der Waals surface area contributed by atoms with Gasteiger partial charge in [-0.2, -0.15) is 0 Å². The Morgan fingerprint density at radius 1 is 1.00 bits per heavy atom. The molecule has 0 saturated heterocycles. The molecule has 0 aromatic heterocycles. The number of amides is 2. The second-order valence-corrected chi connectivity index (χ2v) is 6.23. The molecule has 5 nitrogen and oxygen atoms in total. The topological polar surface area (TPSA) is 70.2 Å². The number of rotatable bonds is 7. The minimum absolute atomic E-state index is 0.00295. The molecule has 132 valence electrons. The summed E-state index contributed by atoms with van der Waals surface area (Å²) in [5.41, 5.74) is 1.59. The molecule has 0 heterocycles. The second kappa shape index (κ2) is 9.30. The summed E-state index contributed by atoms with van der Waals surface area (Å²) >= 11 is 11.8. The van der Waals surface area contributed by atoms with Crippen molar-refractivity contribution in [1.29, 1.82) is 0 Å². The average Bonchev–Trinajstić information content (AvgIpc) is 2.60. The summed E-state index contributed by atoms with van der Waals surface area (Å²) in [6.45, 7) is 2.55. The van der Waals surface area contributed by atoms with Crippen LogP contribution in [-0.2, 0) is 4.79 Å². The number of hydrogen-bond acceptors (Lipinski definition) is 3. The highest BCUT2D eigenvalue weighted by molar-refractivity contribution is 6.31. The normalized spacial score (nSPS) is 10.2. The Bertz CT molecular complexity index is 748. The first kappa shape index (κ1) is 19.1. The van der Waals surface area contributed by atoms with Crippen molar-refractivity contribution < 1.29 is 9.59 Å². The van der Waals surface area contributed by atoms with Crippen LogP contribution in [0.3, 0.4) is 0 Å². The summed E-state index contributed by atoms with van der Waals surface area (Å²) in [5, 5.41) is 9.58. The Hall–Kier alpha value is -2.24. The largest absolute Gasteiger partial charge is 0.375 e. The van der Waals surface area contributed by atoms with Crippen molar-refractivity contribution in [2.24, 2.45) is 0 Å². The molecule has 0 spiro atoms. The maximum Gasteiger partial charge on any atom is 0.253 e. The van der Waals surface area contributed by atoms with Crippen molar-refractivity contribution in [3.8, 4) is 0 Å². The van der Waals surface area contributed by atoms with Gasteiger partial charge in [0.25, 0.3) is 5.91 Å². The van der Waals surface area contributed by atoms with Gasteiger partial charge in [-0.3, -0.25) is 9.59 Å². The second-order valence-electron chi connectivity index (χ2n) is 5.35. The van der Waals surface area contributed by atoms with Crippen molar-refractivity contribution in [3.05, 3.63) is 58.1 Å². The minimum Gasteiger partial charge on any atom is -0.375 e. The number of benzene rings is 2. The molecule has 0 aliphatic carbocycles. The van der Waals surface area contributed by atoms with E-state index in [4.69, 9.17) is 23.2 Å². The summed E-state index contributed by atoms with van der Waals surface area (Å²) in [6.07, 6.45) is 0.839. The van der Waals surface area contributed by atoms with Gasteiger partial charge in [-0.25, -0.2) is 0 Å². The van der Waals surface area contributed by atoms with Gasteiger partial charge >= 0.3 is 0 Å². The molecule has 0 fully saturated rings. The summed E-state index contributed by atoms with van der Waals surface area (Å²) in [5.74, 6) is -0.457. The monoisotopic (exact) mass is 379 g/mol. The van der Waals surface area contributed by atoms with E-state index in [1.807, 2.05) is 6.92 Å². The van der Waals surface area contributed by atoms with Crippen molar-refractivity contribution in [1.82, 2.24) is 5.32 Å². The lowest BCUT2D eigenvalue weighted by Gasteiger charge is -2.13. The molecule has 2 rings (SSSR count). The van der Waals surface area contributed by atoms with E-state index in [0.717, 1.165) is 6.42 Å². The number of nitrogens with one attached hydrogen (secondary N) is 3. The molecule has 25 heavy (non-hydrogen) atoms. The van der Waals surface area contributed by atoms with Gasteiger partial charge in [0.15, 0.2) is 0 Å². The molecule has 0 radical (unpaired) electrons. The Kier molecular flexibility index (Phi) is 7.10. The number of hydrogen-bond donors (Lipinski definition) is 3. The molecular weight excluding hydrogens is 361 g/mol. The SMILES string of the molecule is CCCNC(=O)c1ccc(Cl)cc1NCC(=O)Nc1ccc(Cl)cc1. The van der Waals surface area contributed by atoms with Crippen molar-refractivity contribution in [3.63, 3.8) is 0 Å². The van der Waals surface area contributed by atoms with Gasteiger partial charge in [-0.05, 0) is 48.9 Å². The molecular formula is C18H19Cl2N3O2. The molecule has 0 bridgehead atoms. The third-order valence-electron chi connectivity index (χ3n) is 3.33. The zero-order chi connectivity index (χ0) is 18.2. The van der Waals surface area contributed by atoms with Crippen LogP contribution in [0, 0.1) is 0 Å². The highest BCUT2D eigenvalue weighted by Gasteiger charge is 2.12. The summed E-state index contributed by atoms with van der Waals surface area (Å²) < 4.78 is 0. The van der Waals surface area contributed by atoms with E-state index in [9.17, 15) is 9.59 Å². The predicted octanol–water partition coefficient (Wildman–Crippen LogP) is 4.18. The smallest absolute Gasteiger partial charge is 0.253 e. The molecule has 0 aliphatic rings. The molecule has 7 heteroatoms. The minimum atomic E-state index is -0.248. The molecule has 2 aromatic carbocycles. The first-order chi connectivity index (χ1) is 12.0. The molecule has 2 amide bonds. The molecule has 0 unspecified atom stereocenters. The number of anilines is 2. The maximum atomic E-state index is 12.2. The first-order valence-corrected chi connectivity index (χ1v) is 8.62. The Labute approximate surface area is 156 Å².